The zero-order valence-electron chi connectivity index (χ0n) is 18.7. The molecule has 0 aliphatic carbocycles. The number of unbranched alkanes of at least 4 members (excludes halogenated alkanes) is 2. The minimum absolute atomic E-state index is 0.240. The van der Waals surface area contributed by atoms with Gasteiger partial charge in [0.1, 0.15) is 0 Å². The average molecular weight is 399 g/mol. The molecule has 2 atom stereocenters. The highest BCUT2D eigenvalue weighted by molar-refractivity contribution is 5.21. The number of hydrogen-bond acceptors (Lipinski definition) is 3. The van der Waals surface area contributed by atoms with E-state index in [0.717, 1.165) is 38.5 Å². The molecule has 29 heavy (non-hydrogen) atoms. The molecule has 0 N–H and O–H groups in total. The van der Waals surface area contributed by atoms with E-state index in [4.69, 9.17) is 14.2 Å². The maximum absolute atomic E-state index is 6.30. The van der Waals surface area contributed by atoms with Gasteiger partial charge in [-0.15, -0.1) is 0 Å². The number of aryl methyl sites for hydroxylation is 2. The molecule has 0 fully saturated rings. The predicted octanol–water partition coefficient (Wildman–Crippen LogP) is 7.09. The van der Waals surface area contributed by atoms with Gasteiger partial charge in [-0.05, 0) is 50.7 Å². The van der Waals surface area contributed by atoms with Gasteiger partial charge in [0.2, 0.25) is 0 Å². The van der Waals surface area contributed by atoms with Gasteiger partial charge in [-0.3, -0.25) is 0 Å². The van der Waals surface area contributed by atoms with Crippen LogP contribution in [0.1, 0.15) is 74.6 Å². The topological polar surface area (TPSA) is 27.7 Å². The summed E-state index contributed by atoms with van der Waals surface area (Å²) < 4.78 is 18.6. The lowest BCUT2D eigenvalue weighted by Crippen LogP contribution is -2.27. The van der Waals surface area contributed by atoms with Gasteiger partial charge < -0.3 is 14.2 Å². The Morgan fingerprint density at radius 2 is 1.00 bits per heavy atom. The van der Waals surface area contributed by atoms with E-state index in [2.05, 4.69) is 76.2 Å². The van der Waals surface area contributed by atoms with Crippen molar-refractivity contribution in [2.75, 3.05) is 0 Å². The first-order valence-electron chi connectivity index (χ1n) is 11.1. The fourth-order valence-electron chi connectivity index (χ4n) is 3.04. The van der Waals surface area contributed by atoms with E-state index in [-0.39, 0.29) is 12.6 Å². The van der Waals surface area contributed by atoms with E-state index in [1.807, 2.05) is 0 Å². The summed E-state index contributed by atoms with van der Waals surface area (Å²) >= 11 is 0. The molecule has 0 aliphatic heterocycles. The summed E-state index contributed by atoms with van der Waals surface area (Å²) in [5.41, 5.74) is 4.87. The summed E-state index contributed by atoms with van der Waals surface area (Å²) in [5, 5.41) is 0. The first-order valence-corrected chi connectivity index (χ1v) is 11.1. The van der Waals surface area contributed by atoms with Gasteiger partial charge >= 0.3 is 0 Å². The Bertz CT molecular complexity index is 604. The number of benzene rings is 2. The largest absolute Gasteiger partial charge is 0.348 e. The van der Waals surface area contributed by atoms with Crippen LogP contribution in [0.25, 0.3) is 0 Å². The molecule has 2 aromatic rings. The van der Waals surface area contributed by atoms with Crippen LogP contribution < -0.4 is 0 Å². The van der Waals surface area contributed by atoms with Crippen molar-refractivity contribution >= 4 is 0 Å². The normalized spacial score (nSPS) is 13.4. The molecule has 2 aromatic carbocycles. The van der Waals surface area contributed by atoms with Crippen molar-refractivity contribution in [2.45, 2.75) is 92.0 Å². The molecule has 0 saturated heterocycles. The average Bonchev–Trinajstić information content (AvgIpc) is 2.74. The van der Waals surface area contributed by atoms with Gasteiger partial charge in [-0.25, -0.2) is 0 Å². The first kappa shape index (κ1) is 23.6. The molecule has 0 aliphatic rings. The lowest BCUT2D eigenvalue weighted by Gasteiger charge is -2.25. The number of rotatable bonds is 14. The van der Waals surface area contributed by atoms with E-state index >= 15 is 0 Å². The molecule has 0 heterocycles. The van der Waals surface area contributed by atoms with E-state index in [0.29, 0.717) is 13.2 Å². The van der Waals surface area contributed by atoms with Crippen molar-refractivity contribution < 1.29 is 14.2 Å². The van der Waals surface area contributed by atoms with Gasteiger partial charge in [-0.1, -0.05) is 86.3 Å². The molecule has 0 amide bonds. The SMILES string of the molecule is CCCCC(OCc1ccc(C)cc1)OC(CCCC)OCc1ccc(C)cc1. The molecule has 3 heteroatoms. The Balaban J connectivity index is 1.93. The van der Waals surface area contributed by atoms with Crippen molar-refractivity contribution in [2.24, 2.45) is 0 Å². The van der Waals surface area contributed by atoms with E-state index in [1.54, 1.807) is 0 Å². The summed E-state index contributed by atoms with van der Waals surface area (Å²) in [6.07, 6.45) is 5.70. The van der Waals surface area contributed by atoms with Crippen LogP contribution in [0.4, 0.5) is 0 Å². The van der Waals surface area contributed by atoms with Gasteiger partial charge in [0.25, 0.3) is 0 Å². The minimum Gasteiger partial charge on any atom is -0.348 e. The molecule has 0 spiro atoms. The van der Waals surface area contributed by atoms with Crippen molar-refractivity contribution in [1.82, 2.24) is 0 Å². The zero-order valence-corrected chi connectivity index (χ0v) is 18.7. The second-order valence-electron chi connectivity index (χ2n) is 7.87. The fourth-order valence-corrected chi connectivity index (χ4v) is 3.04. The molecule has 2 rings (SSSR count). The fraction of sp³-hybridized carbons (Fsp3) is 0.538. The third-order valence-corrected chi connectivity index (χ3v) is 5.00. The molecule has 0 saturated carbocycles. The van der Waals surface area contributed by atoms with Crippen molar-refractivity contribution in [3.05, 3.63) is 70.8 Å². The standard InChI is InChI=1S/C26H38O3/c1-5-7-9-25(27-19-23-15-11-21(3)12-16-23)29-26(10-8-6-2)28-20-24-17-13-22(4)14-18-24/h11-18,25-26H,5-10,19-20H2,1-4H3. The smallest absolute Gasteiger partial charge is 0.161 e. The summed E-state index contributed by atoms with van der Waals surface area (Å²) in [5.74, 6) is 0. The van der Waals surface area contributed by atoms with Crippen LogP contribution in [-0.2, 0) is 27.4 Å². The van der Waals surface area contributed by atoms with Crippen LogP contribution in [0.5, 0.6) is 0 Å². The van der Waals surface area contributed by atoms with Crippen molar-refractivity contribution in [1.29, 1.82) is 0 Å². The van der Waals surface area contributed by atoms with Crippen LogP contribution in [0.3, 0.4) is 0 Å². The second kappa shape index (κ2) is 13.5. The van der Waals surface area contributed by atoms with Gasteiger partial charge in [0.05, 0.1) is 13.2 Å². The third kappa shape index (κ3) is 9.58. The second-order valence-corrected chi connectivity index (χ2v) is 7.87. The molecule has 160 valence electrons. The monoisotopic (exact) mass is 398 g/mol. The Hall–Kier alpha value is -1.68. The summed E-state index contributed by atoms with van der Waals surface area (Å²) in [7, 11) is 0. The van der Waals surface area contributed by atoms with Gasteiger partial charge in [-0.2, -0.15) is 0 Å². The Morgan fingerprint density at radius 3 is 1.34 bits per heavy atom. The van der Waals surface area contributed by atoms with Crippen LogP contribution in [0, 0.1) is 13.8 Å². The maximum Gasteiger partial charge on any atom is 0.161 e. The predicted molar refractivity (Wildman–Crippen MR) is 120 cm³/mol. The molecular formula is C26H38O3. The summed E-state index contributed by atoms with van der Waals surface area (Å²) in [4.78, 5) is 0. The first-order chi connectivity index (χ1) is 14.1. The molecule has 0 radical (unpaired) electrons. The van der Waals surface area contributed by atoms with Crippen LogP contribution in [0.15, 0.2) is 48.5 Å². The molecule has 2 unspecified atom stereocenters. The summed E-state index contributed by atoms with van der Waals surface area (Å²) in [6.45, 7) is 9.71. The highest BCUT2D eigenvalue weighted by Gasteiger charge is 2.18. The molecule has 0 bridgehead atoms. The summed E-state index contributed by atoms with van der Waals surface area (Å²) in [6, 6.07) is 17.0. The van der Waals surface area contributed by atoms with Crippen LogP contribution in [-0.4, -0.2) is 12.6 Å². The minimum atomic E-state index is -0.240. The Labute approximate surface area is 177 Å². The highest BCUT2D eigenvalue weighted by Crippen LogP contribution is 2.18. The zero-order chi connectivity index (χ0) is 20.9. The van der Waals surface area contributed by atoms with E-state index < -0.39 is 0 Å². The van der Waals surface area contributed by atoms with Gasteiger partial charge in [0, 0.05) is 0 Å². The Morgan fingerprint density at radius 1 is 0.621 bits per heavy atom. The third-order valence-electron chi connectivity index (χ3n) is 5.00. The maximum atomic E-state index is 6.30. The Kier molecular flexibility index (Phi) is 11.0. The quantitative estimate of drug-likeness (QED) is 0.318. The highest BCUT2D eigenvalue weighted by atomic mass is 16.8. The molecule has 3 nitrogen and oxygen atoms in total. The van der Waals surface area contributed by atoms with Crippen LogP contribution >= 0.6 is 0 Å². The van der Waals surface area contributed by atoms with Crippen molar-refractivity contribution in [3.8, 4) is 0 Å². The van der Waals surface area contributed by atoms with E-state index in [1.165, 1.54) is 22.3 Å². The van der Waals surface area contributed by atoms with Gasteiger partial charge in [0.15, 0.2) is 12.6 Å². The van der Waals surface area contributed by atoms with Crippen molar-refractivity contribution in [3.63, 3.8) is 0 Å². The van der Waals surface area contributed by atoms with Crippen LogP contribution in [0.2, 0.25) is 0 Å². The molecule has 0 aromatic heterocycles. The number of ether oxygens (including phenoxy) is 3. The molecular weight excluding hydrogens is 360 g/mol. The lowest BCUT2D eigenvalue weighted by atomic mass is 10.2. The van der Waals surface area contributed by atoms with E-state index in [9.17, 15) is 0 Å². The lowest BCUT2D eigenvalue weighted by molar-refractivity contribution is -0.256. The number of hydrogen-bond donors (Lipinski definition) is 0.